The van der Waals surface area contributed by atoms with Gasteiger partial charge in [-0.05, 0) is 68.9 Å². The smallest absolute Gasteiger partial charge is 0.249 e. The van der Waals surface area contributed by atoms with Gasteiger partial charge in [0.25, 0.3) is 0 Å². The molecule has 0 saturated heterocycles. The largest absolute Gasteiger partial charge is 0.353 e. The first-order chi connectivity index (χ1) is 18.8. The number of carbonyl (C=O) groups excluding carboxylic acids is 1. The summed E-state index contributed by atoms with van der Waals surface area (Å²) in [5, 5.41) is 12.3. The average Bonchev–Trinajstić information content (AvgIpc) is 3.23. The number of hydrogen-bond donors (Lipinski definition) is 1. The minimum Gasteiger partial charge on any atom is -0.353 e. The summed E-state index contributed by atoms with van der Waals surface area (Å²) >= 11 is 6.23. The number of likely N-dealkylation sites (N-methyl/N-ethyl adjacent to an activating group) is 1. The summed E-state index contributed by atoms with van der Waals surface area (Å²) in [5.41, 5.74) is 7.11. The van der Waals surface area contributed by atoms with Crippen LogP contribution in [0.25, 0.3) is 16.8 Å². The molecular formula is C31H31ClN6O. The summed E-state index contributed by atoms with van der Waals surface area (Å²) < 4.78 is 1.97. The van der Waals surface area contributed by atoms with Crippen LogP contribution < -0.4 is 5.32 Å². The molecule has 0 radical (unpaired) electrons. The van der Waals surface area contributed by atoms with Crippen molar-refractivity contribution in [3.05, 3.63) is 112 Å². The number of aryl methyl sites for hydroxylation is 1. The van der Waals surface area contributed by atoms with Crippen LogP contribution in [0.2, 0.25) is 5.02 Å². The van der Waals surface area contributed by atoms with E-state index in [1.54, 1.807) is 0 Å². The molecule has 0 saturated carbocycles. The van der Waals surface area contributed by atoms with Crippen LogP contribution in [-0.2, 0) is 11.3 Å². The second-order valence-corrected chi connectivity index (χ2v) is 10.3. The van der Waals surface area contributed by atoms with Gasteiger partial charge in [0.15, 0.2) is 5.82 Å². The number of nitrogens with one attached hydrogen (secondary N) is 1. The Balaban J connectivity index is 1.71. The predicted octanol–water partition coefficient (Wildman–Crippen LogP) is 5.54. The van der Waals surface area contributed by atoms with Crippen molar-refractivity contribution in [2.75, 3.05) is 20.6 Å². The lowest BCUT2D eigenvalue weighted by atomic mass is 9.95. The van der Waals surface area contributed by atoms with Gasteiger partial charge < -0.3 is 10.2 Å². The van der Waals surface area contributed by atoms with Crippen LogP contribution in [0.1, 0.15) is 41.3 Å². The highest BCUT2D eigenvalue weighted by Gasteiger charge is 2.32. The lowest BCUT2D eigenvalue weighted by Crippen LogP contribution is -2.27. The molecule has 2 heterocycles. The van der Waals surface area contributed by atoms with E-state index in [2.05, 4.69) is 83.6 Å². The monoisotopic (exact) mass is 538 g/mol. The molecule has 7 nitrogen and oxygen atoms in total. The van der Waals surface area contributed by atoms with Gasteiger partial charge in [0, 0.05) is 34.8 Å². The summed E-state index contributed by atoms with van der Waals surface area (Å²) in [6, 6.07) is 21.8. The Labute approximate surface area is 233 Å². The van der Waals surface area contributed by atoms with Crippen molar-refractivity contribution < 1.29 is 4.79 Å². The van der Waals surface area contributed by atoms with Gasteiger partial charge in [-0.3, -0.25) is 14.4 Å². The molecule has 0 fully saturated rings. The van der Waals surface area contributed by atoms with Gasteiger partial charge in [0.05, 0.1) is 11.4 Å². The number of hydrogen-bond acceptors (Lipinski definition) is 5. The fraction of sp³-hybridized carbons (Fsp3) is 0.226. The molecule has 1 unspecified atom stereocenters. The quantitative estimate of drug-likeness (QED) is 0.313. The minimum atomic E-state index is -0.718. The van der Waals surface area contributed by atoms with E-state index in [0.29, 0.717) is 28.8 Å². The SMILES string of the molecule is C=C(C(=O)NCC)C1N=C(c2ccc(Cl)cc2)c2cc(-c3ccc(CN(C)C)cc3)ccc2-n2c(C)nnc21. The molecule has 5 rings (SSSR count). The molecule has 1 aromatic heterocycles. The standard InChI is InChI=1S/C31H31ClN6O/c1-6-33-31(39)19(2)28-30-36-35-20(3)38(30)27-16-13-24(22-9-7-21(8-10-22)18-37(4)5)17-26(27)29(34-28)23-11-14-25(32)15-12-23/h7-17,28H,2,6,18H2,1,3-5H3,(H,33,39). The summed E-state index contributed by atoms with van der Waals surface area (Å²) in [6.45, 7) is 9.26. The van der Waals surface area contributed by atoms with Crippen molar-refractivity contribution in [2.24, 2.45) is 4.99 Å². The summed E-state index contributed by atoms with van der Waals surface area (Å²) in [4.78, 5) is 20.2. The molecular weight excluding hydrogens is 508 g/mol. The highest BCUT2D eigenvalue weighted by atomic mass is 35.5. The molecule has 4 aromatic rings. The lowest BCUT2D eigenvalue weighted by Gasteiger charge is -2.15. The topological polar surface area (TPSA) is 75.4 Å². The number of rotatable bonds is 7. The number of fused-ring (bicyclic) bond motifs is 3. The van der Waals surface area contributed by atoms with E-state index in [4.69, 9.17) is 16.6 Å². The Hall–Kier alpha value is -4.07. The van der Waals surface area contributed by atoms with Crippen molar-refractivity contribution in [3.63, 3.8) is 0 Å². The molecule has 1 aliphatic heterocycles. The molecule has 198 valence electrons. The number of aromatic nitrogens is 3. The van der Waals surface area contributed by atoms with Gasteiger partial charge in [-0.15, -0.1) is 10.2 Å². The maximum absolute atomic E-state index is 12.9. The normalized spacial score (nSPS) is 14.3. The summed E-state index contributed by atoms with van der Waals surface area (Å²) in [5.74, 6) is 0.987. The zero-order valence-electron chi connectivity index (χ0n) is 22.6. The van der Waals surface area contributed by atoms with Gasteiger partial charge >= 0.3 is 0 Å². The van der Waals surface area contributed by atoms with E-state index in [0.717, 1.165) is 40.2 Å². The van der Waals surface area contributed by atoms with Gasteiger partial charge in [0.1, 0.15) is 11.9 Å². The predicted molar refractivity (Wildman–Crippen MR) is 157 cm³/mol. The van der Waals surface area contributed by atoms with Gasteiger partial charge in [-0.25, -0.2) is 0 Å². The van der Waals surface area contributed by atoms with Crippen LogP contribution in [0.15, 0.2) is 83.9 Å². The average molecular weight is 539 g/mol. The number of nitrogens with zero attached hydrogens (tertiary/aromatic N) is 5. The van der Waals surface area contributed by atoms with Crippen molar-refractivity contribution in [1.82, 2.24) is 25.0 Å². The Morgan fingerprint density at radius 3 is 2.33 bits per heavy atom. The molecule has 8 heteroatoms. The first-order valence-electron chi connectivity index (χ1n) is 12.9. The third-order valence-electron chi connectivity index (χ3n) is 6.71. The molecule has 1 N–H and O–H groups in total. The van der Waals surface area contributed by atoms with Crippen LogP contribution in [0, 0.1) is 6.92 Å². The first-order valence-corrected chi connectivity index (χ1v) is 13.3. The Morgan fingerprint density at radius 2 is 1.67 bits per heavy atom. The molecule has 1 amide bonds. The number of benzene rings is 3. The Kier molecular flexibility index (Phi) is 7.46. The maximum Gasteiger partial charge on any atom is 0.249 e. The van der Waals surface area contributed by atoms with Crippen molar-refractivity contribution >= 4 is 23.2 Å². The zero-order valence-corrected chi connectivity index (χ0v) is 23.3. The Bertz CT molecular complexity index is 1570. The van der Waals surface area contributed by atoms with E-state index in [9.17, 15) is 4.79 Å². The molecule has 0 aliphatic carbocycles. The van der Waals surface area contributed by atoms with Crippen LogP contribution in [0.4, 0.5) is 0 Å². The fourth-order valence-electron chi connectivity index (χ4n) is 4.85. The zero-order chi connectivity index (χ0) is 27.7. The molecule has 1 atom stereocenters. The molecule has 3 aromatic carbocycles. The molecule has 39 heavy (non-hydrogen) atoms. The van der Waals surface area contributed by atoms with E-state index in [-0.39, 0.29) is 5.91 Å². The van der Waals surface area contributed by atoms with Crippen LogP contribution in [0.3, 0.4) is 0 Å². The van der Waals surface area contributed by atoms with Crippen LogP contribution in [-0.4, -0.2) is 51.9 Å². The summed E-state index contributed by atoms with van der Waals surface area (Å²) in [6.07, 6.45) is 0. The van der Waals surface area contributed by atoms with Gasteiger partial charge in [0.2, 0.25) is 5.91 Å². The second kappa shape index (κ2) is 11.0. The van der Waals surface area contributed by atoms with E-state index in [1.165, 1.54) is 5.56 Å². The minimum absolute atomic E-state index is 0.265. The Morgan fingerprint density at radius 1 is 1.00 bits per heavy atom. The van der Waals surface area contributed by atoms with Crippen molar-refractivity contribution in [3.8, 4) is 16.8 Å². The fourth-order valence-corrected chi connectivity index (χ4v) is 4.97. The molecule has 1 aliphatic rings. The van der Waals surface area contributed by atoms with Gasteiger partial charge in [-0.1, -0.05) is 60.6 Å². The molecule has 0 spiro atoms. The molecule has 0 bridgehead atoms. The van der Waals surface area contributed by atoms with E-state index >= 15 is 0 Å². The van der Waals surface area contributed by atoms with Crippen molar-refractivity contribution in [1.29, 1.82) is 0 Å². The number of aliphatic imine (C=N–C) groups is 1. The van der Waals surface area contributed by atoms with E-state index < -0.39 is 6.04 Å². The highest BCUT2D eigenvalue weighted by Crippen LogP contribution is 2.36. The third-order valence-corrected chi connectivity index (χ3v) is 6.96. The number of halogens is 1. The second-order valence-electron chi connectivity index (χ2n) is 9.88. The number of amides is 1. The first kappa shape index (κ1) is 26.5. The van der Waals surface area contributed by atoms with E-state index in [1.807, 2.05) is 42.7 Å². The number of carbonyl (C=O) groups is 1. The van der Waals surface area contributed by atoms with Crippen LogP contribution >= 0.6 is 11.6 Å². The maximum atomic E-state index is 12.9. The van der Waals surface area contributed by atoms with Gasteiger partial charge in [-0.2, -0.15) is 0 Å². The lowest BCUT2D eigenvalue weighted by molar-refractivity contribution is -0.117. The van der Waals surface area contributed by atoms with Crippen molar-refractivity contribution in [2.45, 2.75) is 26.4 Å². The van der Waals surface area contributed by atoms with Crippen LogP contribution in [0.5, 0.6) is 0 Å². The third kappa shape index (κ3) is 5.28. The summed E-state index contributed by atoms with van der Waals surface area (Å²) in [7, 11) is 4.13. The highest BCUT2D eigenvalue weighted by molar-refractivity contribution is 6.30.